The Bertz CT molecular complexity index is 464. The van der Waals surface area contributed by atoms with Crippen LogP contribution in [0.1, 0.15) is 45.0 Å². The van der Waals surface area contributed by atoms with E-state index in [1.165, 1.54) is 0 Å². The quantitative estimate of drug-likeness (QED) is 0.838. The van der Waals surface area contributed by atoms with Crippen molar-refractivity contribution < 1.29 is 5.11 Å². The summed E-state index contributed by atoms with van der Waals surface area (Å²) in [6.45, 7) is 8.96. The van der Waals surface area contributed by atoms with E-state index in [-0.39, 0.29) is 11.5 Å². The summed E-state index contributed by atoms with van der Waals surface area (Å²) in [5, 5.41) is 13.1. The predicted molar refractivity (Wildman–Crippen MR) is 77.7 cm³/mol. The van der Waals surface area contributed by atoms with Gasteiger partial charge in [0.15, 0.2) is 0 Å². The minimum absolute atomic E-state index is 0.118. The van der Waals surface area contributed by atoms with Crippen molar-refractivity contribution in [1.29, 1.82) is 0 Å². The highest BCUT2D eigenvalue weighted by Gasteiger charge is 2.27. The molecule has 0 bridgehead atoms. The lowest BCUT2D eigenvalue weighted by molar-refractivity contribution is 0.0486. The third-order valence-electron chi connectivity index (χ3n) is 3.53. The number of aromatic nitrogens is 2. The highest BCUT2D eigenvalue weighted by atomic mass is 35.5. The molecule has 0 unspecified atom stereocenters. The van der Waals surface area contributed by atoms with Gasteiger partial charge in [-0.1, -0.05) is 32.4 Å². The molecule has 0 radical (unpaired) electrons. The van der Waals surface area contributed by atoms with E-state index in [2.05, 4.69) is 36.1 Å². The highest BCUT2D eigenvalue weighted by molar-refractivity contribution is 6.30. The fourth-order valence-electron chi connectivity index (χ4n) is 2.10. The number of hydrogen-bond acceptors (Lipinski definition) is 4. The maximum Gasteiger partial charge on any atom is 0.137 e. The summed E-state index contributed by atoms with van der Waals surface area (Å²) < 4.78 is 0. The minimum atomic E-state index is -0.125. The van der Waals surface area contributed by atoms with Crippen LogP contribution < -0.4 is 5.32 Å². The Labute approximate surface area is 119 Å². The van der Waals surface area contributed by atoms with Crippen LogP contribution in [0.3, 0.4) is 0 Å². The van der Waals surface area contributed by atoms with Crippen molar-refractivity contribution in [2.24, 2.45) is 5.92 Å². The molecule has 1 fully saturated rings. The largest absolute Gasteiger partial charge is 0.393 e. The van der Waals surface area contributed by atoms with Gasteiger partial charge in [-0.05, 0) is 25.7 Å². The van der Waals surface area contributed by atoms with Gasteiger partial charge < -0.3 is 10.4 Å². The lowest BCUT2D eigenvalue weighted by atomic mass is 9.82. The van der Waals surface area contributed by atoms with E-state index in [1.54, 1.807) is 0 Å². The lowest BCUT2D eigenvalue weighted by Crippen LogP contribution is -2.33. The molecule has 0 atom stereocenters. The van der Waals surface area contributed by atoms with E-state index in [1.807, 2.05) is 6.92 Å². The summed E-state index contributed by atoms with van der Waals surface area (Å²) in [7, 11) is 0. The Morgan fingerprint density at radius 2 is 1.95 bits per heavy atom. The molecule has 2 N–H and O–H groups in total. The number of anilines is 1. The van der Waals surface area contributed by atoms with Crippen molar-refractivity contribution in [3.63, 3.8) is 0 Å². The van der Waals surface area contributed by atoms with Gasteiger partial charge in [-0.25, -0.2) is 9.97 Å². The summed E-state index contributed by atoms with van der Waals surface area (Å²) in [6.07, 6.45) is 1.63. The van der Waals surface area contributed by atoms with Gasteiger partial charge in [0.2, 0.25) is 0 Å². The van der Waals surface area contributed by atoms with Crippen LogP contribution in [0.5, 0.6) is 0 Å². The second-order valence-corrected chi connectivity index (χ2v) is 6.79. The van der Waals surface area contributed by atoms with Crippen molar-refractivity contribution >= 4 is 17.4 Å². The molecule has 1 aliphatic rings. The average Bonchev–Trinajstić information content (AvgIpc) is 2.26. The Hall–Kier alpha value is -0.870. The molecule has 19 heavy (non-hydrogen) atoms. The molecule has 1 saturated carbocycles. The van der Waals surface area contributed by atoms with Gasteiger partial charge >= 0.3 is 0 Å². The van der Waals surface area contributed by atoms with E-state index < -0.39 is 0 Å². The van der Waals surface area contributed by atoms with Crippen LogP contribution in [0.15, 0.2) is 0 Å². The maximum atomic E-state index is 9.29. The van der Waals surface area contributed by atoms with Crippen LogP contribution in [0.4, 0.5) is 5.82 Å². The molecule has 5 heteroatoms. The van der Waals surface area contributed by atoms with Gasteiger partial charge in [-0.3, -0.25) is 0 Å². The normalized spacial score (nSPS) is 23.1. The molecule has 1 aromatic rings. The van der Waals surface area contributed by atoms with Crippen molar-refractivity contribution in [2.75, 3.05) is 11.9 Å². The number of hydrogen-bond donors (Lipinski definition) is 2. The first-order chi connectivity index (χ1) is 8.77. The number of nitrogens with zero attached hydrogens (tertiary/aromatic N) is 2. The predicted octanol–water partition coefficient (Wildman–Crippen LogP) is 2.92. The SMILES string of the molecule is Cc1c(Cl)nc(C(C)(C)C)nc1NCC1CC(O)C1. The summed E-state index contributed by atoms with van der Waals surface area (Å²) in [6, 6.07) is 0. The second-order valence-electron chi connectivity index (χ2n) is 6.43. The topological polar surface area (TPSA) is 58.0 Å². The molecule has 1 heterocycles. The first-order valence-electron chi connectivity index (χ1n) is 6.74. The Kier molecular flexibility index (Phi) is 4.02. The van der Waals surface area contributed by atoms with Gasteiger partial charge in [-0.2, -0.15) is 0 Å². The van der Waals surface area contributed by atoms with Gasteiger partial charge in [-0.15, -0.1) is 0 Å². The van der Waals surface area contributed by atoms with E-state index in [9.17, 15) is 5.11 Å². The molecule has 0 spiro atoms. The van der Waals surface area contributed by atoms with Crippen molar-refractivity contribution in [2.45, 2.75) is 52.1 Å². The molecule has 1 aromatic heterocycles. The molecule has 0 amide bonds. The molecule has 106 valence electrons. The number of aliphatic hydroxyl groups is 1. The van der Waals surface area contributed by atoms with Gasteiger partial charge in [0.1, 0.15) is 16.8 Å². The van der Waals surface area contributed by atoms with E-state index in [0.29, 0.717) is 11.1 Å². The van der Waals surface area contributed by atoms with E-state index in [4.69, 9.17) is 11.6 Å². The summed E-state index contributed by atoms with van der Waals surface area (Å²) >= 11 is 6.18. The van der Waals surface area contributed by atoms with Crippen molar-refractivity contribution in [3.8, 4) is 0 Å². The number of nitrogens with one attached hydrogen (secondary N) is 1. The van der Waals surface area contributed by atoms with E-state index in [0.717, 1.165) is 36.6 Å². The second kappa shape index (κ2) is 5.25. The number of aliphatic hydroxyl groups excluding tert-OH is 1. The van der Waals surface area contributed by atoms with Crippen LogP contribution in [0.2, 0.25) is 5.15 Å². The molecule has 0 saturated heterocycles. The molecule has 1 aliphatic carbocycles. The van der Waals surface area contributed by atoms with Crippen LogP contribution in [-0.2, 0) is 5.41 Å². The monoisotopic (exact) mass is 283 g/mol. The zero-order chi connectivity index (χ0) is 14.2. The fourth-order valence-corrected chi connectivity index (χ4v) is 2.27. The van der Waals surface area contributed by atoms with Gasteiger partial charge in [0.25, 0.3) is 0 Å². The first kappa shape index (κ1) is 14.5. The number of rotatable bonds is 3. The van der Waals surface area contributed by atoms with Crippen LogP contribution >= 0.6 is 11.6 Å². The third kappa shape index (κ3) is 3.37. The Balaban J connectivity index is 2.12. The molecular weight excluding hydrogens is 262 g/mol. The fraction of sp³-hybridized carbons (Fsp3) is 0.714. The zero-order valence-corrected chi connectivity index (χ0v) is 12.8. The molecule has 0 aromatic carbocycles. The van der Waals surface area contributed by atoms with Gasteiger partial charge in [0.05, 0.1) is 6.10 Å². The lowest BCUT2D eigenvalue weighted by Gasteiger charge is -2.31. The molecule has 4 nitrogen and oxygen atoms in total. The molecular formula is C14H22ClN3O. The van der Waals surface area contributed by atoms with E-state index >= 15 is 0 Å². The average molecular weight is 284 g/mol. The smallest absolute Gasteiger partial charge is 0.137 e. The minimum Gasteiger partial charge on any atom is -0.393 e. The zero-order valence-electron chi connectivity index (χ0n) is 12.0. The maximum absolute atomic E-state index is 9.29. The number of halogens is 1. The Morgan fingerprint density at radius 3 is 2.47 bits per heavy atom. The summed E-state index contributed by atoms with van der Waals surface area (Å²) in [4.78, 5) is 8.94. The highest BCUT2D eigenvalue weighted by Crippen LogP contribution is 2.29. The third-order valence-corrected chi connectivity index (χ3v) is 3.89. The Morgan fingerprint density at radius 1 is 1.32 bits per heavy atom. The van der Waals surface area contributed by atoms with Crippen LogP contribution in [0, 0.1) is 12.8 Å². The summed E-state index contributed by atoms with van der Waals surface area (Å²) in [5.41, 5.74) is 0.759. The van der Waals surface area contributed by atoms with Crippen molar-refractivity contribution in [1.82, 2.24) is 9.97 Å². The molecule has 2 rings (SSSR count). The van der Waals surface area contributed by atoms with Crippen LogP contribution in [-0.4, -0.2) is 27.7 Å². The standard InChI is InChI=1S/C14H22ClN3O/c1-8-11(15)17-13(14(2,3)4)18-12(8)16-7-9-5-10(19)6-9/h9-10,19H,5-7H2,1-4H3,(H,16,17,18). The first-order valence-corrected chi connectivity index (χ1v) is 7.11. The molecule has 0 aliphatic heterocycles. The van der Waals surface area contributed by atoms with Crippen molar-refractivity contribution in [3.05, 3.63) is 16.5 Å². The summed E-state index contributed by atoms with van der Waals surface area (Å²) in [5.74, 6) is 2.09. The van der Waals surface area contributed by atoms with Gasteiger partial charge in [0, 0.05) is 17.5 Å². The van der Waals surface area contributed by atoms with Crippen LogP contribution in [0.25, 0.3) is 0 Å².